The molecule has 0 bridgehead atoms. The van der Waals surface area contributed by atoms with Gasteiger partial charge in [0.05, 0.1) is 12.7 Å². The molecule has 1 heterocycles. The Morgan fingerprint density at radius 3 is 3.00 bits per heavy atom. The van der Waals surface area contributed by atoms with E-state index in [1.54, 1.807) is 7.11 Å². The molecule has 0 spiro atoms. The lowest BCUT2D eigenvalue weighted by Gasteiger charge is -2.47. The van der Waals surface area contributed by atoms with Crippen LogP contribution >= 0.6 is 0 Å². The van der Waals surface area contributed by atoms with Crippen LogP contribution in [-0.4, -0.2) is 45.0 Å². The van der Waals surface area contributed by atoms with Gasteiger partial charge in [0.1, 0.15) is 5.75 Å². The SMILES string of the molecule is COC[C@@H]1[C@H](NC(=O)COc2ccccc2C)[C@@H]2CCO[C@H]12. The number of benzene rings is 1. The maximum Gasteiger partial charge on any atom is 0.258 e. The molecule has 1 saturated heterocycles. The van der Waals surface area contributed by atoms with E-state index in [-0.39, 0.29) is 30.6 Å². The maximum atomic E-state index is 12.2. The van der Waals surface area contributed by atoms with Gasteiger partial charge in [0.25, 0.3) is 5.91 Å². The van der Waals surface area contributed by atoms with Crippen molar-refractivity contribution in [2.75, 3.05) is 26.9 Å². The molecule has 1 aromatic carbocycles. The van der Waals surface area contributed by atoms with Gasteiger partial charge in [0.2, 0.25) is 0 Å². The molecule has 1 aromatic rings. The van der Waals surface area contributed by atoms with E-state index in [1.807, 2.05) is 31.2 Å². The third-order valence-electron chi connectivity index (χ3n) is 4.67. The lowest BCUT2D eigenvalue weighted by molar-refractivity contribution is -0.131. The summed E-state index contributed by atoms with van der Waals surface area (Å²) in [4.78, 5) is 12.2. The van der Waals surface area contributed by atoms with E-state index in [9.17, 15) is 4.79 Å². The summed E-state index contributed by atoms with van der Waals surface area (Å²) in [5, 5.41) is 3.09. The molecular formula is C17H23NO4. The average molecular weight is 305 g/mol. The number of nitrogens with one attached hydrogen (secondary N) is 1. The molecule has 1 amide bonds. The summed E-state index contributed by atoms with van der Waals surface area (Å²) in [6, 6.07) is 7.84. The minimum absolute atomic E-state index is 0.0410. The van der Waals surface area contributed by atoms with Crippen LogP contribution in [0, 0.1) is 18.8 Å². The number of fused-ring (bicyclic) bond motifs is 1. The highest BCUT2D eigenvalue weighted by Gasteiger charge is 2.54. The number of para-hydroxylation sites is 1. The molecule has 1 saturated carbocycles. The highest BCUT2D eigenvalue weighted by atomic mass is 16.5. The molecule has 22 heavy (non-hydrogen) atoms. The fraction of sp³-hybridized carbons (Fsp3) is 0.588. The number of rotatable bonds is 6. The van der Waals surface area contributed by atoms with Gasteiger partial charge < -0.3 is 19.5 Å². The van der Waals surface area contributed by atoms with E-state index in [2.05, 4.69) is 5.32 Å². The third kappa shape index (κ3) is 2.96. The Bertz CT molecular complexity index is 533. The van der Waals surface area contributed by atoms with Gasteiger partial charge in [-0.25, -0.2) is 0 Å². The molecule has 1 aliphatic carbocycles. The highest BCUT2D eigenvalue weighted by Crippen LogP contribution is 2.43. The molecule has 2 aliphatic rings. The summed E-state index contributed by atoms with van der Waals surface area (Å²) in [5.41, 5.74) is 1.03. The molecule has 5 heteroatoms. The van der Waals surface area contributed by atoms with Crippen molar-refractivity contribution in [2.24, 2.45) is 11.8 Å². The minimum Gasteiger partial charge on any atom is -0.484 e. The van der Waals surface area contributed by atoms with E-state index in [4.69, 9.17) is 14.2 Å². The second kappa shape index (κ2) is 6.67. The zero-order valence-electron chi connectivity index (χ0n) is 13.1. The van der Waals surface area contributed by atoms with Gasteiger partial charge in [-0.15, -0.1) is 0 Å². The van der Waals surface area contributed by atoms with Crippen molar-refractivity contribution in [3.05, 3.63) is 29.8 Å². The topological polar surface area (TPSA) is 56.8 Å². The zero-order valence-corrected chi connectivity index (χ0v) is 13.1. The zero-order chi connectivity index (χ0) is 15.5. The molecule has 5 nitrogen and oxygen atoms in total. The number of hydrogen-bond donors (Lipinski definition) is 1. The van der Waals surface area contributed by atoms with Crippen LogP contribution in [0.3, 0.4) is 0 Å². The van der Waals surface area contributed by atoms with Crippen LogP contribution in [0.1, 0.15) is 12.0 Å². The van der Waals surface area contributed by atoms with Crippen LogP contribution in [0.4, 0.5) is 0 Å². The predicted molar refractivity (Wildman–Crippen MR) is 81.8 cm³/mol. The lowest BCUT2D eigenvalue weighted by atomic mass is 9.67. The Morgan fingerprint density at radius 2 is 2.23 bits per heavy atom. The minimum atomic E-state index is -0.0836. The van der Waals surface area contributed by atoms with Crippen molar-refractivity contribution in [1.29, 1.82) is 0 Å². The lowest BCUT2D eigenvalue weighted by Crippen LogP contribution is -2.63. The molecule has 3 rings (SSSR count). The first-order chi connectivity index (χ1) is 10.7. The van der Waals surface area contributed by atoms with Gasteiger partial charge in [-0.2, -0.15) is 0 Å². The molecule has 4 atom stereocenters. The summed E-state index contributed by atoms with van der Waals surface area (Å²) in [7, 11) is 1.68. The first-order valence-electron chi connectivity index (χ1n) is 7.79. The monoisotopic (exact) mass is 305 g/mol. The Labute approximate surface area is 130 Å². The van der Waals surface area contributed by atoms with Crippen molar-refractivity contribution >= 4 is 5.91 Å². The quantitative estimate of drug-likeness (QED) is 0.866. The molecule has 0 unspecified atom stereocenters. The van der Waals surface area contributed by atoms with E-state index in [0.29, 0.717) is 12.5 Å². The Kier molecular flexibility index (Phi) is 4.64. The number of aryl methyl sites for hydroxylation is 1. The van der Waals surface area contributed by atoms with E-state index in [1.165, 1.54) is 0 Å². The predicted octanol–water partition coefficient (Wildman–Crippen LogP) is 1.54. The summed E-state index contributed by atoms with van der Waals surface area (Å²) < 4.78 is 16.6. The van der Waals surface area contributed by atoms with Crippen LogP contribution in [0.2, 0.25) is 0 Å². The van der Waals surface area contributed by atoms with Gasteiger partial charge >= 0.3 is 0 Å². The third-order valence-corrected chi connectivity index (χ3v) is 4.67. The van der Waals surface area contributed by atoms with Crippen LogP contribution in [0.15, 0.2) is 24.3 Å². The molecule has 1 N–H and O–H groups in total. The fourth-order valence-corrected chi connectivity index (χ4v) is 3.52. The molecular weight excluding hydrogens is 282 g/mol. The first-order valence-corrected chi connectivity index (χ1v) is 7.79. The standard InChI is InChI=1S/C17H23NO4/c1-11-5-3-4-6-14(11)22-10-15(19)18-16-12-7-8-21-17(12)13(16)9-20-2/h3-6,12-13,16-17H,7-10H2,1-2H3,(H,18,19)/t12-,13+,16+,17-/m0/s1. The van der Waals surface area contributed by atoms with Gasteiger partial charge in [-0.1, -0.05) is 18.2 Å². The first kappa shape index (κ1) is 15.3. The Morgan fingerprint density at radius 1 is 1.41 bits per heavy atom. The largest absolute Gasteiger partial charge is 0.484 e. The molecule has 1 aliphatic heterocycles. The number of amides is 1. The van der Waals surface area contributed by atoms with Crippen molar-refractivity contribution < 1.29 is 19.0 Å². The highest BCUT2D eigenvalue weighted by molar-refractivity contribution is 5.78. The molecule has 0 aromatic heterocycles. The molecule has 120 valence electrons. The van der Waals surface area contributed by atoms with Gasteiger partial charge in [0, 0.05) is 31.6 Å². The van der Waals surface area contributed by atoms with Crippen molar-refractivity contribution in [2.45, 2.75) is 25.5 Å². The van der Waals surface area contributed by atoms with Gasteiger partial charge in [0.15, 0.2) is 6.61 Å². The van der Waals surface area contributed by atoms with Crippen molar-refractivity contribution in [3.63, 3.8) is 0 Å². The van der Waals surface area contributed by atoms with Crippen LogP contribution in [0.5, 0.6) is 5.75 Å². The summed E-state index contributed by atoms with van der Waals surface area (Å²) >= 11 is 0. The van der Waals surface area contributed by atoms with E-state index < -0.39 is 0 Å². The number of carbonyl (C=O) groups is 1. The summed E-state index contributed by atoms with van der Waals surface area (Å²) in [6.07, 6.45) is 1.25. The second-order valence-electron chi connectivity index (χ2n) is 6.05. The van der Waals surface area contributed by atoms with Crippen LogP contribution in [0.25, 0.3) is 0 Å². The molecule has 2 fully saturated rings. The van der Waals surface area contributed by atoms with Crippen molar-refractivity contribution in [3.8, 4) is 5.75 Å². The van der Waals surface area contributed by atoms with E-state index >= 15 is 0 Å². The van der Waals surface area contributed by atoms with Crippen LogP contribution < -0.4 is 10.1 Å². The fourth-order valence-electron chi connectivity index (χ4n) is 3.52. The number of carbonyl (C=O) groups excluding carboxylic acids is 1. The van der Waals surface area contributed by atoms with Crippen LogP contribution in [-0.2, 0) is 14.3 Å². The summed E-state index contributed by atoms with van der Waals surface area (Å²) in [5.74, 6) is 1.34. The number of hydrogen-bond acceptors (Lipinski definition) is 4. The Balaban J connectivity index is 1.52. The molecule has 0 radical (unpaired) electrons. The summed E-state index contributed by atoms with van der Waals surface area (Å²) in [6.45, 7) is 3.40. The van der Waals surface area contributed by atoms with Gasteiger partial charge in [-0.3, -0.25) is 4.79 Å². The number of ether oxygens (including phenoxy) is 3. The maximum absolute atomic E-state index is 12.2. The normalized spacial score (nSPS) is 29.5. The average Bonchev–Trinajstić information content (AvgIpc) is 2.94. The van der Waals surface area contributed by atoms with Gasteiger partial charge in [-0.05, 0) is 25.0 Å². The van der Waals surface area contributed by atoms with Crippen molar-refractivity contribution in [1.82, 2.24) is 5.32 Å². The second-order valence-corrected chi connectivity index (χ2v) is 6.05. The smallest absolute Gasteiger partial charge is 0.258 e. The number of methoxy groups -OCH3 is 1. The van der Waals surface area contributed by atoms with E-state index in [0.717, 1.165) is 24.3 Å². The Hall–Kier alpha value is -1.59.